The van der Waals surface area contributed by atoms with Crippen LogP contribution in [0.15, 0.2) is 0 Å². The molecule has 0 saturated carbocycles. The van der Waals surface area contributed by atoms with E-state index in [1.165, 1.54) is 0 Å². The number of rotatable bonds is 5. The summed E-state index contributed by atoms with van der Waals surface area (Å²) < 4.78 is 40.4. The molecule has 1 heterocycles. The van der Waals surface area contributed by atoms with E-state index in [-0.39, 0.29) is 5.13 Å². The Labute approximate surface area is 102 Å². The Morgan fingerprint density at radius 1 is 1.41 bits per heavy atom. The molecule has 0 bridgehead atoms. The molecule has 1 rings (SSSR count). The van der Waals surface area contributed by atoms with Gasteiger partial charge in [0, 0.05) is 31.2 Å². The monoisotopic (exact) mass is 268 g/mol. The first-order valence-corrected chi connectivity index (χ1v) is 5.98. The average Bonchev–Trinajstić information content (AvgIpc) is 2.64. The minimum Gasteiger partial charge on any atom is -0.345 e. The summed E-state index contributed by atoms with van der Waals surface area (Å²) in [5.74, 6) is -0.761. The molecule has 0 aliphatic rings. The van der Waals surface area contributed by atoms with Crippen LogP contribution in [0.25, 0.3) is 0 Å². The second-order valence-corrected chi connectivity index (χ2v) is 4.76. The number of hydrogen-bond acceptors (Lipinski definition) is 5. The Balaban J connectivity index is 2.84. The van der Waals surface area contributed by atoms with Crippen molar-refractivity contribution < 1.29 is 13.2 Å². The Kier molecular flexibility index (Phi) is 4.70. The van der Waals surface area contributed by atoms with Crippen LogP contribution in [0.3, 0.4) is 0 Å². The molecule has 0 aliphatic heterocycles. The van der Waals surface area contributed by atoms with Gasteiger partial charge in [0.2, 0.25) is 11.0 Å². The van der Waals surface area contributed by atoms with Crippen LogP contribution in [0.1, 0.15) is 19.7 Å². The molecule has 2 N–H and O–H groups in total. The molecule has 0 atom stereocenters. The smallest absolute Gasteiger partial charge is 0.345 e. The predicted octanol–water partition coefficient (Wildman–Crippen LogP) is 1.98. The minimum absolute atomic E-state index is 0.275. The molecule has 1 aromatic rings. The van der Waals surface area contributed by atoms with Gasteiger partial charge in [0.25, 0.3) is 0 Å². The average molecular weight is 268 g/mol. The highest BCUT2D eigenvalue weighted by Crippen LogP contribution is 2.30. The second-order valence-electron chi connectivity index (χ2n) is 4.03. The first-order valence-electron chi connectivity index (χ1n) is 5.20. The summed E-state index contributed by atoms with van der Waals surface area (Å²) in [6.45, 7) is 5.42. The third-order valence-electron chi connectivity index (χ3n) is 1.92. The molecule has 0 radical (unpaired) electrons. The third-order valence-corrected chi connectivity index (χ3v) is 2.70. The summed E-state index contributed by atoms with van der Waals surface area (Å²) in [7, 11) is 0. The summed E-state index contributed by atoms with van der Waals surface area (Å²) in [4.78, 5) is 5.24. The molecular formula is C9H15F3N4S. The van der Waals surface area contributed by atoms with Crippen LogP contribution in [0.2, 0.25) is 0 Å². The molecule has 17 heavy (non-hydrogen) atoms. The number of hydrogen-bond donors (Lipinski definition) is 1. The summed E-state index contributed by atoms with van der Waals surface area (Å²) in [5.41, 5.74) is 5.43. The summed E-state index contributed by atoms with van der Waals surface area (Å²) in [6, 6.07) is 0. The van der Waals surface area contributed by atoms with Gasteiger partial charge >= 0.3 is 6.18 Å². The minimum atomic E-state index is -4.49. The molecule has 0 fully saturated rings. The van der Waals surface area contributed by atoms with E-state index in [9.17, 15) is 13.2 Å². The van der Waals surface area contributed by atoms with Crippen molar-refractivity contribution in [3.8, 4) is 0 Å². The second kappa shape index (κ2) is 5.63. The highest BCUT2D eigenvalue weighted by atomic mass is 32.1. The van der Waals surface area contributed by atoms with Gasteiger partial charge in [-0.3, -0.25) is 0 Å². The Hall–Kier alpha value is -0.890. The maximum Gasteiger partial charge on any atom is 0.452 e. The molecule has 4 nitrogen and oxygen atoms in total. The lowest BCUT2D eigenvalue weighted by atomic mass is 10.2. The summed E-state index contributed by atoms with van der Waals surface area (Å²) >= 11 is 0.756. The van der Waals surface area contributed by atoms with Crippen molar-refractivity contribution in [2.24, 2.45) is 11.7 Å². The third kappa shape index (κ3) is 4.12. The zero-order valence-corrected chi connectivity index (χ0v) is 10.5. The van der Waals surface area contributed by atoms with E-state index in [0.717, 1.165) is 11.5 Å². The summed E-state index contributed by atoms with van der Waals surface area (Å²) in [5, 5.41) is 0.275. The van der Waals surface area contributed by atoms with Gasteiger partial charge in [0.1, 0.15) is 0 Å². The summed E-state index contributed by atoms with van der Waals surface area (Å²) in [6.07, 6.45) is -4.49. The van der Waals surface area contributed by atoms with E-state index in [0.29, 0.717) is 25.6 Å². The Morgan fingerprint density at radius 3 is 2.47 bits per heavy atom. The number of nitrogens with two attached hydrogens (primary N) is 1. The van der Waals surface area contributed by atoms with Gasteiger partial charge in [-0.1, -0.05) is 13.8 Å². The predicted molar refractivity (Wildman–Crippen MR) is 61.0 cm³/mol. The zero-order chi connectivity index (χ0) is 13.1. The van der Waals surface area contributed by atoms with Crippen LogP contribution in [-0.2, 0) is 6.18 Å². The number of anilines is 1. The van der Waals surface area contributed by atoms with Crippen molar-refractivity contribution in [3.05, 3.63) is 5.82 Å². The number of nitrogens with zero attached hydrogens (tertiary/aromatic N) is 3. The number of alkyl halides is 3. The highest BCUT2D eigenvalue weighted by Gasteiger charge is 2.36. The first-order chi connectivity index (χ1) is 7.84. The molecule has 0 aromatic carbocycles. The Bertz CT molecular complexity index is 350. The van der Waals surface area contributed by atoms with E-state index >= 15 is 0 Å². The highest BCUT2D eigenvalue weighted by molar-refractivity contribution is 7.09. The van der Waals surface area contributed by atoms with Crippen molar-refractivity contribution in [1.29, 1.82) is 0 Å². The lowest BCUT2D eigenvalue weighted by molar-refractivity contribution is -0.144. The van der Waals surface area contributed by atoms with E-state index in [1.54, 1.807) is 4.90 Å². The van der Waals surface area contributed by atoms with Crippen molar-refractivity contribution in [3.63, 3.8) is 0 Å². The van der Waals surface area contributed by atoms with Gasteiger partial charge in [0.05, 0.1) is 0 Å². The largest absolute Gasteiger partial charge is 0.452 e. The van der Waals surface area contributed by atoms with E-state index in [4.69, 9.17) is 5.73 Å². The zero-order valence-electron chi connectivity index (χ0n) is 9.66. The van der Waals surface area contributed by atoms with Crippen LogP contribution < -0.4 is 10.6 Å². The van der Waals surface area contributed by atoms with Crippen molar-refractivity contribution in [1.82, 2.24) is 9.36 Å². The first kappa shape index (κ1) is 14.2. The Morgan fingerprint density at radius 2 is 2.06 bits per heavy atom. The number of aromatic nitrogens is 2. The molecule has 0 amide bonds. The maximum atomic E-state index is 12.4. The van der Waals surface area contributed by atoms with Crippen molar-refractivity contribution in [2.45, 2.75) is 20.0 Å². The van der Waals surface area contributed by atoms with Gasteiger partial charge < -0.3 is 10.6 Å². The molecule has 0 unspecified atom stereocenters. The molecular weight excluding hydrogens is 253 g/mol. The van der Waals surface area contributed by atoms with Crippen molar-refractivity contribution in [2.75, 3.05) is 24.5 Å². The molecule has 98 valence electrons. The molecule has 0 saturated heterocycles. The quantitative estimate of drug-likeness (QED) is 0.887. The van der Waals surface area contributed by atoms with Crippen LogP contribution in [0.5, 0.6) is 0 Å². The van der Waals surface area contributed by atoms with E-state index < -0.39 is 12.0 Å². The molecule has 1 aromatic heterocycles. The lowest BCUT2D eigenvalue weighted by Gasteiger charge is -2.22. The number of halogens is 3. The van der Waals surface area contributed by atoms with Crippen LogP contribution in [0, 0.1) is 5.92 Å². The van der Waals surface area contributed by atoms with Gasteiger partial charge in [-0.25, -0.2) is 0 Å². The van der Waals surface area contributed by atoms with Crippen LogP contribution >= 0.6 is 11.5 Å². The van der Waals surface area contributed by atoms with Gasteiger partial charge in [-0.05, 0) is 5.92 Å². The molecule has 0 aliphatic carbocycles. The van der Waals surface area contributed by atoms with Gasteiger partial charge in [-0.15, -0.1) is 0 Å². The van der Waals surface area contributed by atoms with E-state index in [2.05, 4.69) is 9.36 Å². The van der Waals surface area contributed by atoms with Crippen molar-refractivity contribution >= 4 is 16.7 Å². The topological polar surface area (TPSA) is 55.0 Å². The lowest BCUT2D eigenvalue weighted by Crippen LogP contribution is -2.32. The SMILES string of the molecule is CC(C)CN(CCN)c1nc(C(F)(F)F)ns1. The fourth-order valence-corrected chi connectivity index (χ4v) is 2.04. The molecule has 0 spiro atoms. The van der Waals surface area contributed by atoms with E-state index in [1.807, 2.05) is 13.8 Å². The molecule has 8 heteroatoms. The van der Waals surface area contributed by atoms with Crippen LogP contribution in [0.4, 0.5) is 18.3 Å². The van der Waals surface area contributed by atoms with Crippen LogP contribution in [-0.4, -0.2) is 29.0 Å². The fourth-order valence-electron chi connectivity index (χ4n) is 1.32. The van der Waals surface area contributed by atoms with Gasteiger partial charge in [0.15, 0.2) is 0 Å². The fraction of sp³-hybridized carbons (Fsp3) is 0.778. The normalized spacial score (nSPS) is 12.2. The van der Waals surface area contributed by atoms with Gasteiger partial charge in [-0.2, -0.15) is 22.5 Å². The standard InChI is InChI=1S/C9H15F3N4S/c1-6(2)5-16(4-3-13)8-14-7(15-17-8)9(10,11)12/h6H,3-5,13H2,1-2H3. The maximum absolute atomic E-state index is 12.4.